The normalized spacial score (nSPS) is 12.1. The maximum Gasteiger partial charge on any atom is 0.240 e. The maximum atomic E-state index is 12.0. The van der Waals surface area contributed by atoms with Gasteiger partial charge in [-0.05, 0) is 17.7 Å². The van der Waals surface area contributed by atoms with Gasteiger partial charge in [-0.15, -0.1) is 12.4 Å². The van der Waals surface area contributed by atoms with Crippen LogP contribution in [0.25, 0.3) is 0 Å². The minimum Gasteiger partial charge on any atom is -0.497 e. The summed E-state index contributed by atoms with van der Waals surface area (Å²) in [7, 11) is 1.53. The fourth-order valence-electron chi connectivity index (χ4n) is 1.20. The molecule has 0 spiro atoms. The number of halogens is 3. The summed E-state index contributed by atoms with van der Waals surface area (Å²) in [4.78, 5) is 0. The standard InChI is InChI=1S/C10H13F2NO.ClH/c1-14-8-4-2-3-7(5-8)9(13)6-10(11)12;/h2-5,9-10H,6,13H2,1H3;1H/t9-;/m1./s1. The molecule has 1 aromatic rings. The van der Waals surface area contributed by atoms with Gasteiger partial charge in [0.15, 0.2) is 0 Å². The quantitative estimate of drug-likeness (QED) is 0.874. The summed E-state index contributed by atoms with van der Waals surface area (Å²) in [6.45, 7) is 0. The Hall–Kier alpha value is -0.870. The molecule has 0 bridgehead atoms. The van der Waals surface area contributed by atoms with E-state index in [1.165, 1.54) is 7.11 Å². The fourth-order valence-corrected chi connectivity index (χ4v) is 1.20. The molecule has 0 aliphatic heterocycles. The molecule has 0 saturated heterocycles. The van der Waals surface area contributed by atoms with E-state index in [9.17, 15) is 8.78 Å². The predicted octanol–water partition coefficient (Wildman–Crippen LogP) is 2.77. The molecule has 0 amide bonds. The van der Waals surface area contributed by atoms with Gasteiger partial charge < -0.3 is 10.5 Å². The van der Waals surface area contributed by atoms with Gasteiger partial charge in [-0.3, -0.25) is 0 Å². The van der Waals surface area contributed by atoms with Crippen molar-refractivity contribution in [1.82, 2.24) is 0 Å². The van der Waals surface area contributed by atoms with Crippen LogP contribution in [0, 0.1) is 0 Å². The summed E-state index contributed by atoms with van der Waals surface area (Å²) in [6, 6.07) is 6.24. The van der Waals surface area contributed by atoms with Crippen LogP contribution in [0.4, 0.5) is 8.78 Å². The van der Waals surface area contributed by atoms with Crippen molar-refractivity contribution in [2.24, 2.45) is 5.73 Å². The number of hydrogen-bond donors (Lipinski definition) is 1. The van der Waals surface area contributed by atoms with E-state index in [1.807, 2.05) is 0 Å². The number of rotatable bonds is 4. The molecule has 1 aromatic carbocycles. The molecule has 86 valence electrons. The molecule has 0 unspecified atom stereocenters. The van der Waals surface area contributed by atoms with E-state index in [4.69, 9.17) is 10.5 Å². The lowest BCUT2D eigenvalue weighted by atomic mass is 10.0. The number of alkyl halides is 2. The molecular formula is C10H14ClF2NO. The van der Waals surface area contributed by atoms with Crippen LogP contribution in [0.5, 0.6) is 5.75 Å². The minimum absolute atomic E-state index is 0. The van der Waals surface area contributed by atoms with Crippen molar-refractivity contribution >= 4 is 12.4 Å². The zero-order valence-corrected chi connectivity index (χ0v) is 9.14. The van der Waals surface area contributed by atoms with Crippen LogP contribution in [-0.4, -0.2) is 13.5 Å². The molecule has 1 rings (SSSR count). The van der Waals surface area contributed by atoms with E-state index in [0.717, 1.165) is 0 Å². The van der Waals surface area contributed by atoms with Crippen molar-refractivity contribution in [2.75, 3.05) is 7.11 Å². The maximum absolute atomic E-state index is 12.0. The molecule has 0 aliphatic rings. The Bertz CT molecular complexity index is 297. The zero-order chi connectivity index (χ0) is 10.6. The van der Waals surface area contributed by atoms with Crippen molar-refractivity contribution in [3.05, 3.63) is 29.8 Å². The van der Waals surface area contributed by atoms with Crippen LogP contribution in [0.3, 0.4) is 0 Å². The van der Waals surface area contributed by atoms with Gasteiger partial charge in [-0.25, -0.2) is 8.78 Å². The summed E-state index contributed by atoms with van der Waals surface area (Å²) in [5, 5.41) is 0. The average molecular weight is 238 g/mol. The molecule has 0 aliphatic carbocycles. The first-order valence-electron chi connectivity index (χ1n) is 4.31. The van der Waals surface area contributed by atoms with Crippen LogP contribution in [-0.2, 0) is 0 Å². The third-order valence-electron chi connectivity index (χ3n) is 1.95. The fraction of sp³-hybridized carbons (Fsp3) is 0.400. The van der Waals surface area contributed by atoms with E-state index in [1.54, 1.807) is 24.3 Å². The minimum atomic E-state index is -2.38. The Morgan fingerprint density at radius 2 is 2.07 bits per heavy atom. The summed E-state index contributed by atoms with van der Waals surface area (Å²) < 4.78 is 29.1. The summed E-state index contributed by atoms with van der Waals surface area (Å²) >= 11 is 0. The van der Waals surface area contributed by atoms with Gasteiger partial charge in [0.25, 0.3) is 0 Å². The van der Waals surface area contributed by atoms with Gasteiger partial charge in [0.05, 0.1) is 7.11 Å². The van der Waals surface area contributed by atoms with E-state index >= 15 is 0 Å². The van der Waals surface area contributed by atoms with Crippen LogP contribution in [0.2, 0.25) is 0 Å². The zero-order valence-electron chi connectivity index (χ0n) is 8.32. The first-order valence-corrected chi connectivity index (χ1v) is 4.31. The van der Waals surface area contributed by atoms with E-state index in [0.29, 0.717) is 11.3 Å². The number of hydrogen-bond acceptors (Lipinski definition) is 2. The summed E-state index contributed by atoms with van der Waals surface area (Å²) in [6.07, 6.45) is -2.70. The van der Waals surface area contributed by atoms with E-state index in [2.05, 4.69) is 0 Å². The van der Waals surface area contributed by atoms with Crippen molar-refractivity contribution in [1.29, 1.82) is 0 Å². The van der Waals surface area contributed by atoms with Crippen LogP contribution < -0.4 is 10.5 Å². The molecule has 0 aromatic heterocycles. The molecule has 0 heterocycles. The largest absolute Gasteiger partial charge is 0.497 e. The number of methoxy groups -OCH3 is 1. The first-order chi connectivity index (χ1) is 6.63. The SMILES string of the molecule is COc1cccc([C@H](N)CC(F)F)c1.Cl. The molecule has 0 fully saturated rings. The van der Waals surface area contributed by atoms with Crippen molar-refractivity contribution < 1.29 is 13.5 Å². The van der Waals surface area contributed by atoms with Crippen LogP contribution >= 0.6 is 12.4 Å². The Labute approximate surface area is 93.8 Å². The second kappa shape index (κ2) is 6.58. The highest BCUT2D eigenvalue weighted by atomic mass is 35.5. The second-order valence-corrected chi connectivity index (χ2v) is 3.01. The highest BCUT2D eigenvalue weighted by Crippen LogP contribution is 2.21. The van der Waals surface area contributed by atoms with E-state index in [-0.39, 0.29) is 18.8 Å². The molecule has 0 saturated carbocycles. The highest BCUT2D eigenvalue weighted by Gasteiger charge is 2.12. The van der Waals surface area contributed by atoms with Crippen molar-refractivity contribution in [2.45, 2.75) is 18.9 Å². The van der Waals surface area contributed by atoms with Gasteiger partial charge in [-0.1, -0.05) is 12.1 Å². The summed E-state index contributed by atoms with van der Waals surface area (Å²) in [5.74, 6) is 0.632. The molecule has 2 nitrogen and oxygen atoms in total. The monoisotopic (exact) mass is 237 g/mol. The number of ether oxygens (including phenoxy) is 1. The third-order valence-corrected chi connectivity index (χ3v) is 1.95. The van der Waals surface area contributed by atoms with Crippen molar-refractivity contribution in [3.63, 3.8) is 0 Å². The lowest BCUT2D eigenvalue weighted by molar-refractivity contribution is 0.128. The Kier molecular flexibility index (Phi) is 6.20. The van der Waals surface area contributed by atoms with Crippen LogP contribution in [0.15, 0.2) is 24.3 Å². The molecule has 15 heavy (non-hydrogen) atoms. The Balaban J connectivity index is 0.00000196. The second-order valence-electron chi connectivity index (χ2n) is 3.01. The lowest BCUT2D eigenvalue weighted by Gasteiger charge is -2.12. The van der Waals surface area contributed by atoms with Gasteiger partial charge in [0, 0.05) is 12.5 Å². The molecule has 5 heteroatoms. The predicted molar refractivity (Wildman–Crippen MR) is 57.8 cm³/mol. The number of nitrogens with two attached hydrogens (primary N) is 1. The lowest BCUT2D eigenvalue weighted by Crippen LogP contribution is -2.13. The smallest absolute Gasteiger partial charge is 0.240 e. The molecular weight excluding hydrogens is 224 g/mol. The highest BCUT2D eigenvalue weighted by molar-refractivity contribution is 5.85. The van der Waals surface area contributed by atoms with Crippen molar-refractivity contribution in [3.8, 4) is 5.75 Å². The average Bonchev–Trinajstić information content (AvgIpc) is 2.17. The van der Waals surface area contributed by atoms with Gasteiger partial charge >= 0.3 is 0 Å². The third kappa shape index (κ3) is 4.44. The molecule has 0 radical (unpaired) electrons. The Morgan fingerprint density at radius 3 is 2.60 bits per heavy atom. The molecule has 2 N–H and O–H groups in total. The molecule has 1 atom stereocenters. The topological polar surface area (TPSA) is 35.2 Å². The first kappa shape index (κ1) is 14.1. The Morgan fingerprint density at radius 1 is 1.40 bits per heavy atom. The van der Waals surface area contributed by atoms with Gasteiger partial charge in [0.2, 0.25) is 6.43 Å². The van der Waals surface area contributed by atoms with Crippen LogP contribution in [0.1, 0.15) is 18.0 Å². The van der Waals surface area contributed by atoms with Gasteiger partial charge in [0.1, 0.15) is 5.75 Å². The van der Waals surface area contributed by atoms with Gasteiger partial charge in [-0.2, -0.15) is 0 Å². The summed E-state index contributed by atoms with van der Waals surface area (Å²) in [5.41, 5.74) is 6.25. The number of benzene rings is 1. The van der Waals surface area contributed by atoms with E-state index < -0.39 is 12.5 Å².